The molecule has 4 aliphatic heterocycles. The Morgan fingerprint density at radius 2 is 1.31 bits per heavy atom. The van der Waals surface area contributed by atoms with Gasteiger partial charge < -0.3 is 125 Å². The molecule has 4 fully saturated rings. The number of aliphatic hydroxyl groups is 13. The van der Waals surface area contributed by atoms with Crippen LogP contribution in [0.25, 0.3) is 0 Å². The molecule has 29 heteroatoms. The topological polar surface area (TPSA) is 461 Å². The molecule has 370 valence electrons. The third-order valence-corrected chi connectivity index (χ3v) is 10.9. The molecule has 0 unspecified atom stereocenters. The molecule has 0 aromatic heterocycles. The van der Waals surface area contributed by atoms with E-state index in [9.17, 15) is 90.7 Å². The highest BCUT2D eigenvalue weighted by Crippen LogP contribution is 2.36. The predicted molar refractivity (Wildman–Crippen MR) is 198 cm³/mol. The monoisotopic (exact) mass is 937 g/mol. The maximum Gasteiger partial charge on any atom is 0.364 e. The van der Waals surface area contributed by atoms with E-state index < -0.39 is 198 Å². The van der Waals surface area contributed by atoms with Gasteiger partial charge in [0.2, 0.25) is 18.2 Å². The van der Waals surface area contributed by atoms with E-state index in [1.807, 2.05) is 0 Å². The maximum atomic E-state index is 12.7. The number of amides is 3. The number of nitrogens with one attached hydrogen (secondary N) is 3. The van der Waals surface area contributed by atoms with Gasteiger partial charge in [-0.25, -0.2) is 4.79 Å². The van der Waals surface area contributed by atoms with Crippen molar-refractivity contribution in [1.82, 2.24) is 16.0 Å². The number of rotatable bonds is 21. The lowest BCUT2D eigenvalue weighted by molar-refractivity contribution is -0.377. The first-order valence-corrected chi connectivity index (χ1v) is 19.9. The molecular weight excluding hydrogens is 878 g/mol. The summed E-state index contributed by atoms with van der Waals surface area (Å²) in [7, 11) is 0. The molecule has 0 radical (unpaired) electrons. The average Bonchev–Trinajstić information content (AvgIpc) is 3.25. The van der Waals surface area contributed by atoms with Gasteiger partial charge in [-0.2, -0.15) is 0 Å². The molecule has 0 aliphatic carbocycles. The van der Waals surface area contributed by atoms with Gasteiger partial charge in [-0.3, -0.25) is 14.4 Å². The third kappa shape index (κ3) is 12.3. The van der Waals surface area contributed by atoms with Crippen molar-refractivity contribution in [3.8, 4) is 0 Å². The molecule has 4 heterocycles. The van der Waals surface area contributed by atoms with Gasteiger partial charge in [0.05, 0.1) is 57.8 Å². The Morgan fingerprint density at radius 1 is 0.719 bits per heavy atom. The summed E-state index contributed by atoms with van der Waals surface area (Å²) in [5.74, 6) is -6.50. The number of aliphatic carboxylic acids is 1. The van der Waals surface area contributed by atoms with Crippen LogP contribution in [0.1, 0.15) is 20.3 Å². The second-order valence-corrected chi connectivity index (χ2v) is 15.6. The predicted octanol–water partition coefficient (Wildman–Crippen LogP) is -11.1. The van der Waals surface area contributed by atoms with Crippen LogP contribution < -0.4 is 16.0 Å². The normalized spacial score (nSPS) is 41.9. The maximum absolute atomic E-state index is 12.7. The van der Waals surface area contributed by atoms with Gasteiger partial charge in [-0.15, -0.1) is 0 Å². The fraction of sp³-hybridized carbons (Fsp3) is 0.886. The van der Waals surface area contributed by atoms with E-state index in [0.717, 1.165) is 13.8 Å². The van der Waals surface area contributed by atoms with Crippen molar-refractivity contribution in [3.63, 3.8) is 0 Å². The smallest absolute Gasteiger partial charge is 0.364 e. The Labute approximate surface area is 362 Å². The number of ether oxygens (including phenoxy) is 8. The molecule has 17 N–H and O–H groups in total. The number of hydrogen-bond acceptors (Lipinski definition) is 25. The van der Waals surface area contributed by atoms with Gasteiger partial charge in [0.1, 0.15) is 91.5 Å². The van der Waals surface area contributed by atoms with E-state index in [0.29, 0.717) is 0 Å². The minimum atomic E-state index is -2.95. The molecule has 0 bridgehead atoms. The molecular formula is C35H59N3O26. The van der Waals surface area contributed by atoms with Crippen LogP contribution in [0, 0.1) is 0 Å². The van der Waals surface area contributed by atoms with Crippen LogP contribution in [0.4, 0.5) is 0 Å². The molecule has 4 rings (SSSR count). The lowest BCUT2D eigenvalue weighted by Crippen LogP contribution is -2.69. The van der Waals surface area contributed by atoms with E-state index in [2.05, 4.69) is 16.0 Å². The van der Waals surface area contributed by atoms with Crippen LogP contribution in [0.15, 0.2) is 0 Å². The summed E-state index contributed by atoms with van der Waals surface area (Å²) in [6.45, 7) is -3.03. The summed E-state index contributed by atoms with van der Waals surface area (Å²) in [6, 6.07) is -4.26. The largest absolute Gasteiger partial charge is 0.477 e. The van der Waals surface area contributed by atoms with Crippen LogP contribution in [0.5, 0.6) is 0 Å². The summed E-state index contributed by atoms with van der Waals surface area (Å²) < 4.78 is 45.0. The minimum Gasteiger partial charge on any atom is -0.477 e. The second kappa shape index (κ2) is 23.7. The van der Waals surface area contributed by atoms with Crippen molar-refractivity contribution < 1.29 is 129 Å². The van der Waals surface area contributed by atoms with E-state index in [1.165, 1.54) is 0 Å². The van der Waals surface area contributed by atoms with Crippen molar-refractivity contribution >= 4 is 24.2 Å². The van der Waals surface area contributed by atoms with Gasteiger partial charge in [-0.1, -0.05) is 0 Å². The highest BCUT2D eigenvalue weighted by Gasteiger charge is 2.58. The molecule has 4 saturated heterocycles. The molecule has 3 amide bonds. The van der Waals surface area contributed by atoms with Crippen LogP contribution in [-0.4, -0.2) is 270 Å². The van der Waals surface area contributed by atoms with E-state index in [4.69, 9.17) is 37.9 Å². The first kappa shape index (κ1) is 53.7. The Kier molecular flexibility index (Phi) is 19.8. The first-order valence-electron chi connectivity index (χ1n) is 19.9. The Hall–Kier alpha value is -2.96. The SMILES string of the molecule is CC(=O)N[C@H]1[C@H](O[C@H]2[C@@H](O)[C@@H](CO)O[C@@H](O[C@H]3[C@H](O)[C@@H](O)[C@H](OC[C@@H](CO)NC=O)O[C@@H]3CO)[C@@H]2O)O[C@H](CO[C@]2(C(=O)O)C[C@H](O)[C@@H](NC(C)=O)[C@H]([C@H](O)[C@H](O)CO)O2)[C@@H](O)[C@@H]1O. The standard InChI is InChI=1S/C35H59N3O26/c1-11(44)37-19-14(46)3-35(34(55)56,64-29(19)21(48)15(47)5-40)58-9-18-22(49)24(51)20(38-12(2)45)31(61-18)63-30-23(50)16(6-41)59-33(27(30)54)62-28-17(7-42)60-32(26(53)25(28)52)57-8-13(4-39)36-10-43/h10,13-33,39-42,46-54H,3-9H2,1-2H3,(H,36,43)(H,37,44)(H,38,45)(H,55,56)/t13-,14+,15-,16-,17-,18-,19-,20-,21-,22-,23+,24-,25-,26-,27-,28-,29-,30+,31+,32-,33+,35-/m1/s1. The van der Waals surface area contributed by atoms with Gasteiger partial charge in [0, 0.05) is 20.3 Å². The molecule has 0 aromatic carbocycles. The zero-order valence-electron chi connectivity index (χ0n) is 34.3. The van der Waals surface area contributed by atoms with Crippen molar-refractivity contribution in [3.05, 3.63) is 0 Å². The van der Waals surface area contributed by atoms with Crippen molar-refractivity contribution in [2.75, 3.05) is 39.6 Å². The van der Waals surface area contributed by atoms with Crippen LogP contribution in [0.2, 0.25) is 0 Å². The third-order valence-electron chi connectivity index (χ3n) is 10.9. The average molecular weight is 938 g/mol. The lowest BCUT2D eigenvalue weighted by Gasteiger charge is -2.49. The number of carbonyl (C=O) groups is 4. The summed E-state index contributed by atoms with van der Waals surface area (Å²) in [5.41, 5.74) is 0. The molecule has 0 aromatic rings. The van der Waals surface area contributed by atoms with Crippen LogP contribution in [0.3, 0.4) is 0 Å². The Morgan fingerprint density at radius 3 is 1.88 bits per heavy atom. The zero-order valence-corrected chi connectivity index (χ0v) is 34.3. The Balaban J connectivity index is 1.57. The zero-order chi connectivity index (χ0) is 47.8. The number of carboxylic acid groups (broad SMARTS) is 1. The number of carboxylic acids is 1. The van der Waals surface area contributed by atoms with E-state index in [-0.39, 0.29) is 6.41 Å². The van der Waals surface area contributed by atoms with Gasteiger partial charge in [0.25, 0.3) is 5.79 Å². The summed E-state index contributed by atoms with van der Waals surface area (Å²) >= 11 is 0. The van der Waals surface area contributed by atoms with Gasteiger partial charge in [0.15, 0.2) is 18.9 Å². The lowest BCUT2D eigenvalue weighted by atomic mass is 9.88. The minimum absolute atomic E-state index is 0.278. The second-order valence-electron chi connectivity index (χ2n) is 15.6. The van der Waals surface area contributed by atoms with Crippen molar-refractivity contribution in [2.45, 2.75) is 155 Å². The number of hydrogen-bond donors (Lipinski definition) is 17. The summed E-state index contributed by atoms with van der Waals surface area (Å²) in [6.07, 6.45) is -35.3. The molecule has 29 nitrogen and oxygen atoms in total. The number of carbonyl (C=O) groups excluding carboxylic acids is 3. The van der Waals surface area contributed by atoms with Gasteiger partial charge >= 0.3 is 5.97 Å². The fourth-order valence-corrected chi connectivity index (χ4v) is 7.52. The molecule has 4 aliphatic rings. The van der Waals surface area contributed by atoms with Gasteiger partial charge in [-0.05, 0) is 0 Å². The summed E-state index contributed by atoms with van der Waals surface area (Å²) in [5, 5.41) is 155. The van der Waals surface area contributed by atoms with Crippen LogP contribution in [-0.2, 0) is 57.1 Å². The highest BCUT2D eigenvalue weighted by molar-refractivity contribution is 5.76. The number of aliphatic hydroxyl groups excluding tert-OH is 13. The van der Waals surface area contributed by atoms with E-state index in [1.54, 1.807) is 0 Å². The Bertz CT molecular complexity index is 1520. The molecule has 0 spiro atoms. The highest BCUT2D eigenvalue weighted by atomic mass is 16.8. The summed E-state index contributed by atoms with van der Waals surface area (Å²) in [4.78, 5) is 47.7. The fourth-order valence-electron chi connectivity index (χ4n) is 7.52. The van der Waals surface area contributed by atoms with Crippen molar-refractivity contribution in [1.29, 1.82) is 0 Å². The molecule has 22 atom stereocenters. The molecule has 0 saturated carbocycles. The van der Waals surface area contributed by atoms with E-state index >= 15 is 0 Å². The van der Waals surface area contributed by atoms with Crippen molar-refractivity contribution in [2.24, 2.45) is 0 Å². The van der Waals surface area contributed by atoms with Crippen LogP contribution >= 0.6 is 0 Å². The first-order chi connectivity index (χ1) is 30.2. The molecule has 64 heavy (non-hydrogen) atoms. The quantitative estimate of drug-likeness (QED) is 0.0475.